The molecule has 0 aliphatic carbocycles. The predicted molar refractivity (Wildman–Crippen MR) is 166 cm³/mol. The standard InChI is InChI=1S/C32H27N5O6S/c1-3-17-43-22-15-11-19(12-16-22)28-34-32-37(35-28)30(40)27(44-32)26-23-7-5-6-8-24(23)36(29(26)39)18-25(38)33-21-13-9-20(10-14-21)31(41)42-4-2/h5-16H,3-4,17-18H2,1-2H3,(H,33,38). The lowest BCUT2D eigenvalue weighted by Crippen LogP contribution is -2.37. The summed E-state index contributed by atoms with van der Waals surface area (Å²) < 4.78 is 12.0. The van der Waals surface area contributed by atoms with Gasteiger partial charge in [-0.25, -0.2) is 4.79 Å². The van der Waals surface area contributed by atoms with Gasteiger partial charge >= 0.3 is 5.97 Å². The molecule has 0 saturated carbocycles. The van der Waals surface area contributed by atoms with Crippen molar-refractivity contribution in [3.8, 4) is 17.1 Å². The van der Waals surface area contributed by atoms with Gasteiger partial charge in [-0.15, -0.1) is 5.10 Å². The molecule has 2 amide bonds. The third-order valence-electron chi connectivity index (χ3n) is 6.87. The van der Waals surface area contributed by atoms with Crippen molar-refractivity contribution in [2.24, 2.45) is 0 Å². The lowest BCUT2D eigenvalue weighted by Gasteiger charge is -2.16. The Balaban J connectivity index is 1.26. The lowest BCUT2D eigenvalue weighted by atomic mass is 10.1. The minimum Gasteiger partial charge on any atom is -0.494 e. The summed E-state index contributed by atoms with van der Waals surface area (Å²) in [6, 6.07) is 20.6. The molecule has 0 saturated heterocycles. The van der Waals surface area contributed by atoms with E-state index >= 15 is 0 Å². The molecule has 11 nitrogen and oxygen atoms in total. The Morgan fingerprint density at radius 3 is 2.41 bits per heavy atom. The second kappa shape index (κ2) is 12.1. The normalized spacial score (nSPS) is 13.7. The van der Waals surface area contributed by atoms with Crippen molar-refractivity contribution in [1.29, 1.82) is 0 Å². The molecule has 0 fully saturated rings. The highest BCUT2D eigenvalue weighted by Crippen LogP contribution is 2.35. The van der Waals surface area contributed by atoms with E-state index in [1.54, 1.807) is 55.5 Å². The van der Waals surface area contributed by atoms with E-state index in [1.807, 2.05) is 31.2 Å². The molecule has 0 unspecified atom stereocenters. The predicted octanol–water partition coefficient (Wildman–Crippen LogP) is 3.69. The molecular weight excluding hydrogens is 582 g/mol. The molecule has 0 atom stereocenters. The number of anilines is 2. The average Bonchev–Trinajstić information content (AvgIpc) is 3.67. The second-order valence-corrected chi connectivity index (χ2v) is 10.8. The van der Waals surface area contributed by atoms with Gasteiger partial charge in [0.25, 0.3) is 11.5 Å². The average molecular weight is 610 g/mol. The van der Waals surface area contributed by atoms with Crippen LogP contribution in [-0.4, -0.2) is 52.1 Å². The van der Waals surface area contributed by atoms with E-state index in [4.69, 9.17) is 9.47 Å². The summed E-state index contributed by atoms with van der Waals surface area (Å²) >= 11 is 1.08. The van der Waals surface area contributed by atoms with Crippen molar-refractivity contribution in [1.82, 2.24) is 14.6 Å². The summed E-state index contributed by atoms with van der Waals surface area (Å²) in [5, 5.41) is 7.17. The topological polar surface area (TPSA) is 132 Å². The van der Waals surface area contributed by atoms with E-state index in [-0.39, 0.29) is 23.3 Å². The molecule has 2 aromatic heterocycles. The van der Waals surface area contributed by atoms with Crippen molar-refractivity contribution in [2.45, 2.75) is 20.3 Å². The zero-order chi connectivity index (χ0) is 30.8. The van der Waals surface area contributed by atoms with E-state index in [0.29, 0.717) is 39.9 Å². The number of fused-ring (bicyclic) bond motifs is 2. The monoisotopic (exact) mass is 609 g/mol. The van der Waals surface area contributed by atoms with Crippen LogP contribution in [0.1, 0.15) is 36.2 Å². The first-order valence-corrected chi connectivity index (χ1v) is 14.8. The molecule has 0 bridgehead atoms. The number of nitrogens with zero attached hydrogens (tertiary/aromatic N) is 4. The van der Waals surface area contributed by atoms with Gasteiger partial charge in [0.15, 0.2) is 5.82 Å². The number of hydrogen-bond donors (Lipinski definition) is 1. The van der Waals surface area contributed by atoms with Crippen molar-refractivity contribution in [3.63, 3.8) is 0 Å². The molecule has 12 heteroatoms. The highest BCUT2D eigenvalue weighted by Gasteiger charge is 2.35. The van der Waals surface area contributed by atoms with Crippen LogP contribution in [0.3, 0.4) is 0 Å². The zero-order valence-electron chi connectivity index (χ0n) is 23.9. The van der Waals surface area contributed by atoms with Gasteiger partial charge in [-0.05, 0) is 67.9 Å². The number of benzene rings is 3. The smallest absolute Gasteiger partial charge is 0.338 e. The van der Waals surface area contributed by atoms with E-state index in [1.165, 1.54) is 9.42 Å². The molecule has 222 valence electrons. The molecule has 0 radical (unpaired) electrons. The van der Waals surface area contributed by atoms with Crippen LogP contribution in [0.5, 0.6) is 5.75 Å². The Morgan fingerprint density at radius 1 is 0.955 bits per heavy atom. The maximum Gasteiger partial charge on any atom is 0.338 e. The van der Waals surface area contributed by atoms with Crippen LogP contribution in [0.4, 0.5) is 11.4 Å². The van der Waals surface area contributed by atoms with E-state index in [2.05, 4.69) is 15.4 Å². The highest BCUT2D eigenvalue weighted by atomic mass is 32.1. The molecule has 3 aromatic carbocycles. The fourth-order valence-corrected chi connectivity index (χ4v) is 5.83. The third-order valence-corrected chi connectivity index (χ3v) is 7.90. The molecule has 5 aromatic rings. The number of hydrogen-bond acceptors (Lipinski definition) is 9. The summed E-state index contributed by atoms with van der Waals surface area (Å²) in [4.78, 5) is 58.4. The first kappa shape index (κ1) is 28.7. The van der Waals surface area contributed by atoms with Crippen LogP contribution < -0.4 is 25.0 Å². The number of rotatable bonds is 9. The van der Waals surface area contributed by atoms with Gasteiger partial charge in [-0.2, -0.15) is 9.50 Å². The summed E-state index contributed by atoms with van der Waals surface area (Å²) in [7, 11) is 0. The van der Waals surface area contributed by atoms with Crippen molar-refractivity contribution in [3.05, 3.63) is 98.8 Å². The molecule has 1 N–H and O–H groups in total. The molecule has 1 aliphatic rings. The number of carbonyl (C=O) groups is 3. The Labute approximate surface area is 255 Å². The van der Waals surface area contributed by atoms with Crippen molar-refractivity contribution >= 4 is 51.0 Å². The number of amides is 2. The van der Waals surface area contributed by atoms with Gasteiger partial charge in [-0.1, -0.05) is 36.5 Å². The second-order valence-electron chi connectivity index (χ2n) is 9.87. The first-order valence-electron chi connectivity index (χ1n) is 14.0. The number of para-hydroxylation sites is 1. The zero-order valence-corrected chi connectivity index (χ0v) is 24.7. The van der Waals surface area contributed by atoms with Crippen molar-refractivity contribution in [2.75, 3.05) is 30.0 Å². The van der Waals surface area contributed by atoms with Gasteiger partial charge in [0.1, 0.15) is 16.8 Å². The number of thiazole rings is 1. The van der Waals surface area contributed by atoms with Crippen LogP contribution in [0.2, 0.25) is 0 Å². The Bertz CT molecular complexity index is 2000. The SMILES string of the molecule is CCCOc1ccc(-c2nc3sc(=C4C(=O)N(CC(=O)Nc5ccc(C(=O)OCC)cc5)c5ccccc54)c(=O)n3n2)cc1. The molecular formula is C32H27N5O6S. The largest absolute Gasteiger partial charge is 0.494 e. The maximum absolute atomic E-state index is 13.7. The Kier molecular flexibility index (Phi) is 7.90. The van der Waals surface area contributed by atoms with E-state index in [0.717, 1.165) is 29.1 Å². The first-order chi connectivity index (χ1) is 21.4. The number of nitrogens with one attached hydrogen (secondary N) is 1. The molecule has 6 rings (SSSR count). The molecule has 3 heterocycles. The van der Waals surface area contributed by atoms with Crippen LogP contribution in [-0.2, 0) is 14.3 Å². The van der Waals surface area contributed by atoms with Crippen LogP contribution in [0.15, 0.2) is 77.6 Å². The number of esters is 1. The van der Waals surface area contributed by atoms with E-state index < -0.39 is 23.3 Å². The highest BCUT2D eigenvalue weighted by molar-refractivity contribution is 7.15. The number of carbonyl (C=O) groups excluding carboxylic acids is 3. The Hall–Kier alpha value is -5.36. The van der Waals surface area contributed by atoms with Crippen LogP contribution >= 0.6 is 11.3 Å². The van der Waals surface area contributed by atoms with Gasteiger partial charge < -0.3 is 14.8 Å². The van der Waals surface area contributed by atoms with E-state index in [9.17, 15) is 19.2 Å². The van der Waals surface area contributed by atoms with Gasteiger partial charge in [0.2, 0.25) is 10.9 Å². The van der Waals surface area contributed by atoms with Gasteiger partial charge in [0, 0.05) is 16.8 Å². The quantitative estimate of drug-likeness (QED) is 0.250. The summed E-state index contributed by atoms with van der Waals surface area (Å²) in [6.07, 6.45) is 0.903. The summed E-state index contributed by atoms with van der Waals surface area (Å²) in [6.45, 7) is 4.35. The molecule has 44 heavy (non-hydrogen) atoms. The number of ether oxygens (including phenoxy) is 2. The third kappa shape index (κ3) is 5.42. The van der Waals surface area contributed by atoms with Gasteiger partial charge in [0.05, 0.1) is 30.0 Å². The van der Waals surface area contributed by atoms with Gasteiger partial charge in [-0.3, -0.25) is 19.3 Å². The fraction of sp³-hybridized carbons (Fsp3) is 0.188. The summed E-state index contributed by atoms with van der Waals surface area (Å²) in [5.74, 6) is -0.242. The molecule has 0 spiro atoms. The van der Waals surface area contributed by atoms with Crippen LogP contribution in [0, 0.1) is 0 Å². The minimum atomic E-state index is -0.469. The lowest BCUT2D eigenvalue weighted by molar-refractivity contribution is -0.118. The minimum absolute atomic E-state index is 0.199. The van der Waals surface area contributed by atoms with Crippen LogP contribution in [0.25, 0.3) is 21.9 Å². The summed E-state index contributed by atoms with van der Waals surface area (Å²) in [5.41, 5.74) is 2.36. The number of aromatic nitrogens is 3. The van der Waals surface area contributed by atoms with Crippen molar-refractivity contribution < 1.29 is 23.9 Å². The Morgan fingerprint density at radius 2 is 1.70 bits per heavy atom. The fourth-order valence-electron chi connectivity index (χ4n) is 4.83. The molecule has 1 aliphatic heterocycles. The maximum atomic E-state index is 13.7.